The molecule has 0 saturated heterocycles. The molecule has 0 bridgehead atoms. The Labute approximate surface area is 583 Å². The second kappa shape index (κ2) is 82.7. The topological polar surface area (TPSA) is 72.8 Å². The Morgan fingerprint density at radius 2 is 0.457 bits per heavy atom. The second-order valence-electron chi connectivity index (χ2n) is 26.4. The summed E-state index contributed by atoms with van der Waals surface area (Å²) >= 11 is 0. The van der Waals surface area contributed by atoms with Gasteiger partial charge in [0.2, 0.25) is 0 Å². The first-order chi connectivity index (χ1) is 46.6. The van der Waals surface area contributed by atoms with Crippen LogP contribution < -0.4 is 0 Å². The van der Waals surface area contributed by atoms with Crippen LogP contribution in [0.25, 0.3) is 0 Å². The van der Waals surface area contributed by atoms with Crippen LogP contribution in [0.2, 0.25) is 0 Å². The Balaban J connectivity index is 3.53. The Bertz CT molecular complexity index is 1960. The molecule has 0 spiro atoms. The molecule has 94 heavy (non-hydrogen) atoms. The maximum absolute atomic E-state index is 12.4. The fourth-order valence-electron chi connectivity index (χ4n) is 11.4. The first kappa shape index (κ1) is 89.5. The molecule has 0 rings (SSSR count). The summed E-state index contributed by atoms with van der Waals surface area (Å²) in [7, 11) is 0. The minimum absolute atomic E-state index is 0.0895. The fraction of sp³-hybridized carbons (Fsp3) is 0.685. The van der Waals surface area contributed by atoms with E-state index in [9.17, 15) is 14.7 Å². The summed E-state index contributed by atoms with van der Waals surface area (Å²) in [5.74, 6) is -0.638. The third-order valence-corrected chi connectivity index (χ3v) is 17.3. The molecule has 0 amide bonds. The lowest BCUT2D eigenvalue weighted by molar-refractivity contribution is -0.161. The van der Waals surface area contributed by atoms with Crippen LogP contribution in [0.4, 0.5) is 0 Å². The maximum Gasteiger partial charge on any atom is 0.306 e. The van der Waals surface area contributed by atoms with E-state index in [0.29, 0.717) is 12.8 Å². The third-order valence-electron chi connectivity index (χ3n) is 17.3. The number of unbranched alkanes of at least 4 members (excludes halogenated alkanes) is 39. The monoisotopic (exact) mass is 1300 g/mol. The van der Waals surface area contributed by atoms with Gasteiger partial charge in [-0.25, -0.2) is 0 Å². The number of aliphatic hydroxyl groups is 1. The smallest absolute Gasteiger partial charge is 0.306 e. The zero-order valence-corrected chi connectivity index (χ0v) is 61.7. The zero-order valence-electron chi connectivity index (χ0n) is 61.7. The van der Waals surface area contributed by atoms with Gasteiger partial charge in [0.15, 0.2) is 6.10 Å². The number of ether oxygens (including phenoxy) is 2. The molecule has 1 N–H and O–H groups in total. The van der Waals surface area contributed by atoms with Crippen molar-refractivity contribution >= 4 is 11.9 Å². The predicted octanol–water partition coefficient (Wildman–Crippen LogP) is 28.5. The van der Waals surface area contributed by atoms with Crippen molar-refractivity contribution in [1.29, 1.82) is 0 Å². The van der Waals surface area contributed by atoms with E-state index < -0.39 is 6.10 Å². The lowest BCUT2D eigenvalue weighted by Gasteiger charge is -2.15. The van der Waals surface area contributed by atoms with Gasteiger partial charge in [0.1, 0.15) is 6.61 Å². The van der Waals surface area contributed by atoms with Crippen LogP contribution in [0.5, 0.6) is 0 Å². The van der Waals surface area contributed by atoms with Gasteiger partial charge in [0.25, 0.3) is 0 Å². The standard InChI is InChI=1S/C89H150O5/c1-3-5-7-9-11-13-15-17-19-21-23-25-27-29-31-33-35-37-39-41-43-44-46-47-49-51-53-55-57-59-61-63-65-67-69-71-73-75-77-79-81-83-88(91)93-86-87(85-90)94-89(92)84-82-80-78-76-74-72-70-68-66-64-62-60-58-56-54-52-50-48-45-42-40-38-36-34-32-30-28-26-24-22-20-18-16-14-12-10-8-6-4-2/h6,8,12,14,18,20-21,23-24,26,30,32,36,38,42,45,50,52,56,58,62,64,68,70,74,76,87,90H,3-5,7,9-11,13,15-17,19,22,25,27-29,31,33-35,37,39-41,43-44,46-49,51,53-55,57,59-61,63,65-67,69,71-73,75,77-86H2,1-2H3/b8-6-,14-12-,20-18-,23-21-,26-24-,32-30-,38-36-,45-42-,52-50-,58-56-,64-62-,70-68-,76-74-. The van der Waals surface area contributed by atoms with Crippen LogP contribution in [0.15, 0.2) is 158 Å². The maximum atomic E-state index is 12.4. The van der Waals surface area contributed by atoms with Crippen LogP contribution in [0.1, 0.15) is 373 Å². The number of allylic oxidation sites excluding steroid dienone is 26. The molecule has 0 aliphatic carbocycles. The van der Waals surface area contributed by atoms with Crippen molar-refractivity contribution in [3.8, 4) is 0 Å². The first-order valence-electron chi connectivity index (χ1n) is 40.0. The molecule has 5 heteroatoms. The number of rotatable bonds is 73. The quantitative estimate of drug-likeness (QED) is 0.0373. The molecule has 0 aliphatic rings. The van der Waals surface area contributed by atoms with E-state index in [1.54, 1.807) is 0 Å². The summed E-state index contributed by atoms with van der Waals surface area (Å²) in [5, 5.41) is 9.72. The third kappa shape index (κ3) is 80.0. The molecule has 0 heterocycles. The van der Waals surface area contributed by atoms with Gasteiger partial charge in [0.05, 0.1) is 6.61 Å². The number of hydrogen-bond donors (Lipinski definition) is 1. The van der Waals surface area contributed by atoms with E-state index in [0.717, 1.165) is 116 Å². The van der Waals surface area contributed by atoms with E-state index in [1.807, 2.05) is 0 Å². The average Bonchev–Trinajstić information content (AvgIpc) is 3.65. The van der Waals surface area contributed by atoms with Crippen LogP contribution in [0.3, 0.4) is 0 Å². The van der Waals surface area contributed by atoms with Crippen molar-refractivity contribution in [2.75, 3.05) is 13.2 Å². The van der Waals surface area contributed by atoms with Crippen molar-refractivity contribution in [2.45, 2.75) is 380 Å². The van der Waals surface area contributed by atoms with Gasteiger partial charge in [-0.05, 0) is 128 Å². The van der Waals surface area contributed by atoms with Crippen LogP contribution in [-0.2, 0) is 19.1 Å². The van der Waals surface area contributed by atoms with Crippen molar-refractivity contribution in [3.63, 3.8) is 0 Å². The van der Waals surface area contributed by atoms with Gasteiger partial charge in [-0.15, -0.1) is 0 Å². The molecule has 0 radical (unpaired) electrons. The van der Waals surface area contributed by atoms with Gasteiger partial charge in [0, 0.05) is 12.8 Å². The molecule has 5 nitrogen and oxygen atoms in total. The van der Waals surface area contributed by atoms with Crippen molar-refractivity contribution in [2.24, 2.45) is 0 Å². The fourth-order valence-corrected chi connectivity index (χ4v) is 11.4. The van der Waals surface area contributed by atoms with Gasteiger partial charge in [-0.2, -0.15) is 0 Å². The molecule has 0 aliphatic heterocycles. The largest absolute Gasteiger partial charge is 0.462 e. The zero-order chi connectivity index (χ0) is 67.5. The summed E-state index contributed by atoms with van der Waals surface area (Å²) in [4.78, 5) is 24.7. The minimum Gasteiger partial charge on any atom is -0.462 e. The predicted molar refractivity (Wildman–Crippen MR) is 417 cm³/mol. The summed E-state index contributed by atoms with van der Waals surface area (Å²) in [6.07, 6.45) is 126. The highest BCUT2D eigenvalue weighted by molar-refractivity contribution is 5.70. The SMILES string of the molecule is CC/C=C\C/C=C\C/C=C\C/C=C\C/C=C\C/C=C\C/C=C\C/C=C\C/C=C\C/C=C\C/C=C\C/C=C\CCCCC(=O)OC(CO)COC(=O)CCCCCCCCCCCCCCCCCCCCCCCCCCCCCCC/C=C\CCCCCCCCCC. The van der Waals surface area contributed by atoms with E-state index in [2.05, 4.69) is 172 Å². The van der Waals surface area contributed by atoms with Crippen LogP contribution >= 0.6 is 0 Å². The molecule has 536 valence electrons. The van der Waals surface area contributed by atoms with E-state index >= 15 is 0 Å². The van der Waals surface area contributed by atoms with E-state index in [-0.39, 0.29) is 25.2 Å². The van der Waals surface area contributed by atoms with Gasteiger partial charge < -0.3 is 14.6 Å². The molecular formula is C89H150O5. The highest BCUT2D eigenvalue weighted by atomic mass is 16.6. The van der Waals surface area contributed by atoms with Crippen LogP contribution in [0, 0.1) is 0 Å². The van der Waals surface area contributed by atoms with Crippen LogP contribution in [-0.4, -0.2) is 36.4 Å². The first-order valence-corrected chi connectivity index (χ1v) is 40.0. The van der Waals surface area contributed by atoms with Gasteiger partial charge in [-0.1, -0.05) is 390 Å². The molecule has 1 atom stereocenters. The van der Waals surface area contributed by atoms with E-state index in [1.165, 1.54) is 231 Å². The summed E-state index contributed by atoms with van der Waals surface area (Å²) < 4.78 is 10.7. The van der Waals surface area contributed by atoms with E-state index in [4.69, 9.17) is 9.47 Å². The molecular weight excluding hydrogens is 1150 g/mol. The molecule has 0 aromatic heterocycles. The van der Waals surface area contributed by atoms with Crippen molar-refractivity contribution in [1.82, 2.24) is 0 Å². The lowest BCUT2D eigenvalue weighted by atomic mass is 10.0. The number of carbonyl (C=O) groups is 2. The molecule has 0 saturated carbocycles. The lowest BCUT2D eigenvalue weighted by Crippen LogP contribution is -2.28. The Hall–Kier alpha value is -4.48. The second-order valence-corrected chi connectivity index (χ2v) is 26.4. The Kier molecular flexibility index (Phi) is 78.8. The number of aliphatic hydroxyl groups excluding tert-OH is 1. The van der Waals surface area contributed by atoms with Gasteiger partial charge in [-0.3, -0.25) is 9.59 Å². The summed E-state index contributed by atoms with van der Waals surface area (Å²) in [6, 6.07) is 0. The summed E-state index contributed by atoms with van der Waals surface area (Å²) in [5.41, 5.74) is 0. The normalized spacial score (nSPS) is 13.1. The highest BCUT2D eigenvalue weighted by Crippen LogP contribution is 2.18. The molecule has 0 aromatic rings. The van der Waals surface area contributed by atoms with Crippen molar-refractivity contribution in [3.05, 3.63) is 158 Å². The number of hydrogen-bond acceptors (Lipinski definition) is 5. The summed E-state index contributed by atoms with van der Waals surface area (Å²) in [6.45, 7) is 4.02. The van der Waals surface area contributed by atoms with Crippen molar-refractivity contribution < 1.29 is 24.2 Å². The number of carbonyl (C=O) groups excluding carboxylic acids is 2. The molecule has 0 aromatic carbocycles. The average molecular weight is 1300 g/mol. The minimum atomic E-state index is -0.807. The Morgan fingerprint density at radius 3 is 0.723 bits per heavy atom. The Morgan fingerprint density at radius 1 is 0.255 bits per heavy atom. The molecule has 1 unspecified atom stereocenters. The number of esters is 2. The molecule has 0 fully saturated rings. The highest BCUT2D eigenvalue weighted by Gasteiger charge is 2.16. The van der Waals surface area contributed by atoms with Gasteiger partial charge >= 0.3 is 11.9 Å².